The van der Waals surface area contributed by atoms with Gasteiger partial charge in [0.05, 0.1) is 21.5 Å². The smallest absolute Gasteiger partial charge is 0.277 e. The Balaban J connectivity index is 2.31. The van der Waals surface area contributed by atoms with E-state index in [1.165, 1.54) is 0 Å². The van der Waals surface area contributed by atoms with Crippen LogP contribution in [-0.4, -0.2) is 25.7 Å². The molecule has 0 heterocycles. The summed E-state index contributed by atoms with van der Waals surface area (Å²) >= 11 is 23.5. The lowest BCUT2D eigenvalue weighted by Crippen LogP contribution is -2.49. The highest BCUT2D eigenvalue weighted by molar-refractivity contribution is 6.68. The molecule has 2 rings (SSSR count). The minimum atomic E-state index is -2.03. The van der Waals surface area contributed by atoms with Crippen molar-refractivity contribution in [3.8, 4) is 0 Å². The van der Waals surface area contributed by atoms with Crippen molar-refractivity contribution in [2.24, 2.45) is 0 Å². The Morgan fingerprint density at radius 1 is 0.964 bits per heavy atom. The van der Waals surface area contributed by atoms with Crippen molar-refractivity contribution >= 4 is 69.4 Å². The largest absolute Gasteiger partial charge is 0.362 e. The first-order valence-corrected chi connectivity index (χ1v) is 8.82. The van der Waals surface area contributed by atoms with Crippen LogP contribution < -0.4 is 10.6 Å². The molecule has 0 unspecified atom stereocenters. The van der Waals surface area contributed by atoms with Crippen molar-refractivity contribution in [2.75, 3.05) is 5.32 Å². The van der Waals surface area contributed by atoms with Gasteiger partial charge in [0, 0.05) is 22.8 Å². The maximum absolute atomic E-state index is 12.5. The molecule has 0 aliphatic carbocycles. The van der Waals surface area contributed by atoms with Gasteiger partial charge in [0.1, 0.15) is 6.17 Å². The third kappa shape index (κ3) is 5.83. The van der Waals surface area contributed by atoms with Crippen LogP contribution in [0, 0.1) is 20.2 Å². The Morgan fingerprint density at radius 2 is 1.46 bits per heavy atom. The maximum atomic E-state index is 12.5. The highest BCUT2D eigenvalue weighted by Gasteiger charge is 2.35. The first-order chi connectivity index (χ1) is 13.0. The summed E-state index contributed by atoms with van der Waals surface area (Å²) in [7, 11) is 0. The fourth-order valence-electron chi connectivity index (χ4n) is 2.06. The van der Waals surface area contributed by atoms with E-state index < -0.39 is 37.1 Å². The molecule has 0 aliphatic rings. The molecule has 2 aromatic rings. The normalized spacial score (nSPS) is 12.1. The number of alkyl halides is 3. The first-order valence-electron chi connectivity index (χ1n) is 7.31. The molecule has 1 atom stereocenters. The molecule has 9 nitrogen and oxygen atoms in total. The number of carbonyl (C=O) groups is 1. The van der Waals surface area contributed by atoms with Gasteiger partial charge in [0.25, 0.3) is 17.3 Å². The number of halogens is 4. The van der Waals surface area contributed by atoms with Gasteiger partial charge < -0.3 is 10.6 Å². The Labute approximate surface area is 177 Å². The average molecular weight is 468 g/mol. The zero-order valence-electron chi connectivity index (χ0n) is 13.6. The summed E-state index contributed by atoms with van der Waals surface area (Å²) in [5.74, 6) is -0.926. The molecule has 0 spiro atoms. The van der Waals surface area contributed by atoms with Gasteiger partial charge in [-0.1, -0.05) is 46.4 Å². The summed E-state index contributed by atoms with van der Waals surface area (Å²) in [4.78, 5) is 32.7. The van der Waals surface area contributed by atoms with E-state index >= 15 is 0 Å². The molecule has 2 aromatic carbocycles. The molecule has 1 amide bonds. The highest BCUT2D eigenvalue weighted by Crippen LogP contribution is 2.32. The second kappa shape index (κ2) is 8.78. The van der Waals surface area contributed by atoms with Gasteiger partial charge in [-0.2, -0.15) is 0 Å². The van der Waals surface area contributed by atoms with Crippen LogP contribution in [0.2, 0.25) is 5.02 Å². The zero-order chi connectivity index (χ0) is 21.1. The van der Waals surface area contributed by atoms with E-state index in [9.17, 15) is 25.0 Å². The molecule has 0 aromatic heterocycles. The first kappa shape index (κ1) is 22.0. The molecule has 28 heavy (non-hydrogen) atoms. The number of hydrogen-bond donors (Lipinski definition) is 2. The minimum Gasteiger partial charge on any atom is -0.362 e. The number of amides is 1. The third-order valence-electron chi connectivity index (χ3n) is 3.34. The summed E-state index contributed by atoms with van der Waals surface area (Å²) in [5, 5.41) is 27.5. The number of nitrogens with zero attached hydrogens (tertiary/aromatic N) is 2. The van der Waals surface area contributed by atoms with Crippen LogP contribution in [0.15, 0.2) is 42.5 Å². The lowest BCUT2D eigenvalue weighted by molar-refractivity contribution is -0.394. The fourth-order valence-corrected chi connectivity index (χ4v) is 2.52. The van der Waals surface area contributed by atoms with Crippen molar-refractivity contribution in [1.29, 1.82) is 0 Å². The quantitative estimate of drug-likeness (QED) is 0.274. The number of anilines is 1. The van der Waals surface area contributed by atoms with Gasteiger partial charge in [0.15, 0.2) is 0 Å². The summed E-state index contributed by atoms with van der Waals surface area (Å²) in [5.41, 5.74) is -1.16. The van der Waals surface area contributed by atoms with E-state index in [1.54, 1.807) is 24.3 Å². The Morgan fingerprint density at radius 3 is 1.89 bits per heavy atom. The maximum Gasteiger partial charge on any atom is 0.277 e. The standard InChI is InChI=1S/C15H10Cl4N4O5/c16-9-1-3-10(4-2-9)20-14(15(17,18)19)21-13(24)8-5-11(22(25)26)7-12(6-8)23(27)28/h1-7,14,20H,(H,21,24)/t14-/m1/s1. The van der Waals surface area contributed by atoms with Gasteiger partial charge in [-0.25, -0.2) is 0 Å². The monoisotopic (exact) mass is 466 g/mol. The number of non-ortho nitro benzene ring substituents is 2. The van der Waals surface area contributed by atoms with Crippen molar-refractivity contribution in [2.45, 2.75) is 9.96 Å². The molecule has 2 N–H and O–H groups in total. The van der Waals surface area contributed by atoms with Crippen LogP contribution in [0.3, 0.4) is 0 Å². The highest BCUT2D eigenvalue weighted by atomic mass is 35.6. The molecule has 0 saturated carbocycles. The predicted octanol–water partition coefficient (Wildman–Crippen LogP) is 4.69. The molecule has 148 valence electrons. The Hall–Kier alpha value is -2.33. The third-order valence-corrected chi connectivity index (χ3v) is 4.25. The molecule has 0 radical (unpaired) electrons. The van der Waals surface area contributed by atoms with Crippen molar-refractivity contribution in [1.82, 2.24) is 5.32 Å². The molecule has 0 fully saturated rings. The summed E-state index contributed by atoms with van der Waals surface area (Å²) in [6.07, 6.45) is -1.27. The molecular formula is C15H10Cl4N4O5. The lowest BCUT2D eigenvalue weighted by atomic mass is 10.1. The lowest BCUT2D eigenvalue weighted by Gasteiger charge is -2.27. The SMILES string of the molecule is O=C(N[C@@H](Nc1ccc(Cl)cc1)C(Cl)(Cl)Cl)c1cc([N+](=O)[O-])cc([N+](=O)[O-])c1. The number of benzene rings is 2. The molecule has 13 heteroatoms. The predicted molar refractivity (Wildman–Crippen MR) is 106 cm³/mol. The number of carbonyl (C=O) groups excluding carboxylic acids is 1. The Kier molecular flexibility index (Phi) is 6.89. The second-order valence-electron chi connectivity index (χ2n) is 5.35. The van der Waals surface area contributed by atoms with E-state index in [4.69, 9.17) is 46.4 Å². The van der Waals surface area contributed by atoms with E-state index in [-0.39, 0.29) is 5.56 Å². The number of hydrogen-bond acceptors (Lipinski definition) is 6. The Bertz CT molecular complexity index is 885. The summed E-state index contributed by atoms with van der Waals surface area (Å²) in [6, 6.07) is 8.73. The van der Waals surface area contributed by atoms with Crippen LogP contribution in [-0.2, 0) is 0 Å². The van der Waals surface area contributed by atoms with E-state index in [1.807, 2.05) is 0 Å². The van der Waals surface area contributed by atoms with Crippen LogP contribution >= 0.6 is 46.4 Å². The molecule has 0 aliphatic heterocycles. The molecule has 0 saturated heterocycles. The number of nitro benzene ring substituents is 2. The van der Waals surface area contributed by atoms with Gasteiger partial charge in [-0.3, -0.25) is 25.0 Å². The average Bonchev–Trinajstić information content (AvgIpc) is 2.61. The van der Waals surface area contributed by atoms with E-state index in [2.05, 4.69) is 10.6 Å². The van der Waals surface area contributed by atoms with Crippen molar-refractivity contribution in [3.63, 3.8) is 0 Å². The second-order valence-corrected chi connectivity index (χ2v) is 8.16. The topological polar surface area (TPSA) is 127 Å². The van der Waals surface area contributed by atoms with Gasteiger partial charge in [-0.05, 0) is 24.3 Å². The molecular weight excluding hydrogens is 458 g/mol. The number of nitro groups is 2. The van der Waals surface area contributed by atoms with Gasteiger partial charge in [0.2, 0.25) is 3.79 Å². The summed E-state index contributed by atoms with van der Waals surface area (Å²) in [6.45, 7) is 0. The van der Waals surface area contributed by atoms with Crippen LogP contribution in [0.4, 0.5) is 17.1 Å². The fraction of sp³-hybridized carbons (Fsp3) is 0.133. The van der Waals surface area contributed by atoms with Crippen molar-refractivity contribution < 1.29 is 14.6 Å². The van der Waals surface area contributed by atoms with Gasteiger partial charge >= 0.3 is 0 Å². The van der Waals surface area contributed by atoms with Crippen molar-refractivity contribution in [3.05, 3.63) is 73.3 Å². The van der Waals surface area contributed by atoms with E-state index in [0.717, 1.165) is 18.2 Å². The minimum absolute atomic E-state index is 0.349. The van der Waals surface area contributed by atoms with E-state index in [0.29, 0.717) is 10.7 Å². The van der Waals surface area contributed by atoms with Gasteiger partial charge in [-0.15, -0.1) is 0 Å². The number of rotatable bonds is 6. The molecule has 0 bridgehead atoms. The summed E-state index contributed by atoms with van der Waals surface area (Å²) < 4.78 is -2.03. The van der Waals surface area contributed by atoms with Crippen LogP contribution in [0.5, 0.6) is 0 Å². The van der Waals surface area contributed by atoms with Crippen LogP contribution in [0.25, 0.3) is 0 Å². The van der Waals surface area contributed by atoms with Crippen LogP contribution in [0.1, 0.15) is 10.4 Å². The number of nitrogens with one attached hydrogen (secondary N) is 2. The zero-order valence-corrected chi connectivity index (χ0v) is 16.6.